The summed E-state index contributed by atoms with van der Waals surface area (Å²) in [5.41, 5.74) is 7.08. The molecule has 0 aliphatic rings. The first-order valence-electron chi connectivity index (χ1n) is 7.59. The predicted molar refractivity (Wildman–Crippen MR) is 87.7 cm³/mol. The molecule has 0 radical (unpaired) electrons. The van der Waals surface area contributed by atoms with Crippen LogP contribution in [0, 0.1) is 0 Å². The zero-order valence-electron chi connectivity index (χ0n) is 13.4. The molecule has 7 heteroatoms. The second-order valence-electron chi connectivity index (χ2n) is 5.18. The van der Waals surface area contributed by atoms with Crippen molar-refractivity contribution in [3.8, 4) is 0 Å². The molecule has 0 aliphatic heterocycles. The van der Waals surface area contributed by atoms with E-state index in [4.69, 9.17) is 15.6 Å². The van der Waals surface area contributed by atoms with Gasteiger partial charge in [-0.15, -0.1) is 0 Å². The maximum absolute atomic E-state index is 12.3. The summed E-state index contributed by atoms with van der Waals surface area (Å²) in [5.74, 6) is -0.892. The Morgan fingerprint density at radius 1 is 1.26 bits per heavy atom. The summed E-state index contributed by atoms with van der Waals surface area (Å²) in [5, 5.41) is 14.1. The van der Waals surface area contributed by atoms with Gasteiger partial charge in [0.15, 0.2) is 0 Å². The normalized spacial score (nSPS) is 11.8. The van der Waals surface area contributed by atoms with E-state index in [0.717, 1.165) is 12.0 Å². The predicted octanol–water partition coefficient (Wildman–Crippen LogP) is 0.378. The van der Waals surface area contributed by atoms with E-state index < -0.39 is 18.6 Å². The molecule has 1 aromatic rings. The number of nitrogens with one attached hydrogen (secondary N) is 2. The van der Waals surface area contributed by atoms with Gasteiger partial charge in [-0.3, -0.25) is 9.59 Å². The standard InChI is InChI=1S/C16H25N3O4/c1-23-11-12-5-7-13(8-6-12)18-16(22)14(4-2-3-9-17)19-15(21)10-20/h5-8,14,20H,2-4,9-11,17H2,1H3,(H,18,22)(H,19,21). The molecule has 5 N–H and O–H groups in total. The van der Waals surface area contributed by atoms with Gasteiger partial charge in [0.25, 0.3) is 0 Å². The molecular formula is C16H25N3O4. The summed E-state index contributed by atoms with van der Waals surface area (Å²) in [6, 6.07) is 6.57. The van der Waals surface area contributed by atoms with Crippen LogP contribution in [0.1, 0.15) is 24.8 Å². The maximum atomic E-state index is 12.3. The highest BCUT2D eigenvalue weighted by Crippen LogP contribution is 2.12. The number of hydrogen-bond donors (Lipinski definition) is 4. The second kappa shape index (κ2) is 10.7. The van der Waals surface area contributed by atoms with Gasteiger partial charge in [-0.05, 0) is 43.5 Å². The van der Waals surface area contributed by atoms with E-state index in [1.807, 2.05) is 12.1 Å². The van der Waals surface area contributed by atoms with Crippen molar-refractivity contribution in [2.75, 3.05) is 25.6 Å². The Hall–Kier alpha value is -1.96. The highest BCUT2D eigenvalue weighted by Gasteiger charge is 2.20. The quantitative estimate of drug-likeness (QED) is 0.465. The van der Waals surface area contributed by atoms with Crippen LogP contribution < -0.4 is 16.4 Å². The third kappa shape index (κ3) is 7.23. The van der Waals surface area contributed by atoms with E-state index in [9.17, 15) is 9.59 Å². The van der Waals surface area contributed by atoms with Crippen LogP contribution in [-0.2, 0) is 20.9 Å². The number of amides is 2. The van der Waals surface area contributed by atoms with Gasteiger partial charge < -0.3 is 26.2 Å². The van der Waals surface area contributed by atoms with Crippen molar-refractivity contribution in [3.05, 3.63) is 29.8 Å². The smallest absolute Gasteiger partial charge is 0.246 e. The van der Waals surface area contributed by atoms with Crippen LogP contribution in [0.4, 0.5) is 5.69 Å². The molecule has 0 saturated heterocycles. The summed E-state index contributed by atoms with van der Waals surface area (Å²) in [6.45, 7) is 0.387. The van der Waals surface area contributed by atoms with Gasteiger partial charge in [-0.2, -0.15) is 0 Å². The number of methoxy groups -OCH3 is 1. The fourth-order valence-electron chi connectivity index (χ4n) is 2.08. The van der Waals surface area contributed by atoms with Gasteiger partial charge in [-0.1, -0.05) is 12.1 Å². The van der Waals surface area contributed by atoms with Crippen LogP contribution >= 0.6 is 0 Å². The first-order chi connectivity index (χ1) is 11.1. The lowest BCUT2D eigenvalue weighted by Gasteiger charge is -2.18. The van der Waals surface area contributed by atoms with Crippen molar-refractivity contribution >= 4 is 17.5 Å². The fraction of sp³-hybridized carbons (Fsp3) is 0.500. The Morgan fingerprint density at radius 2 is 1.96 bits per heavy atom. The minimum atomic E-state index is -0.695. The molecule has 2 amide bonds. The first kappa shape index (κ1) is 19.1. The molecule has 0 bridgehead atoms. The maximum Gasteiger partial charge on any atom is 0.246 e. The van der Waals surface area contributed by atoms with E-state index in [2.05, 4.69) is 10.6 Å². The van der Waals surface area contributed by atoms with Gasteiger partial charge in [0.1, 0.15) is 12.6 Å². The Balaban J connectivity index is 2.64. The van der Waals surface area contributed by atoms with Crippen LogP contribution in [0.25, 0.3) is 0 Å². The van der Waals surface area contributed by atoms with E-state index >= 15 is 0 Å². The van der Waals surface area contributed by atoms with Crippen molar-refractivity contribution < 1.29 is 19.4 Å². The molecule has 0 saturated carbocycles. The number of ether oxygens (including phenoxy) is 1. The van der Waals surface area contributed by atoms with E-state index in [1.165, 1.54) is 0 Å². The van der Waals surface area contributed by atoms with E-state index in [1.54, 1.807) is 19.2 Å². The van der Waals surface area contributed by atoms with Crippen molar-refractivity contribution in [2.24, 2.45) is 5.73 Å². The summed E-state index contributed by atoms with van der Waals surface area (Å²) in [6.07, 6.45) is 1.95. The molecule has 0 fully saturated rings. The number of nitrogens with two attached hydrogens (primary N) is 1. The van der Waals surface area contributed by atoms with Gasteiger partial charge in [0, 0.05) is 12.8 Å². The first-order valence-corrected chi connectivity index (χ1v) is 7.59. The lowest BCUT2D eigenvalue weighted by atomic mass is 10.1. The summed E-state index contributed by atoms with van der Waals surface area (Å²) in [7, 11) is 1.62. The summed E-state index contributed by atoms with van der Waals surface area (Å²) >= 11 is 0. The van der Waals surface area contributed by atoms with Crippen LogP contribution in [0.3, 0.4) is 0 Å². The number of rotatable bonds is 10. The molecule has 0 aromatic heterocycles. The number of benzene rings is 1. The lowest BCUT2D eigenvalue weighted by Crippen LogP contribution is -2.44. The van der Waals surface area contributed by atoms with Gasteiger partial charge in [0.05, 0.1) is 6.61 Å². The number of aliphatic hydroxyl groups is 1. The van der Waals surface area contributed by atoms with E-state index in [-0.39, 0.29) is 5.91 Å². The molecule has 1 atom stereocenters. The largest absolute Gasteiger partial charge is 0.387 e. The second-order valence-corrected chi connectivity index (χ2v) is 5.18. The van der Waals surface area contributed by atoms with Crippen molar-refractivity contribution in [2.45, 2.75) is 31.9 Å². The van der Waals surface area contributed by atoms with Crippen LogP contribution in [0.2, 0.25) is 0 Å². The zero-order valence-corrected chi connectivity index (χ0v) is 13.4. The van der Waals surface area contributed by atoms with Crippen LogP contribution in [0.15, 0.2) is 24.3 Å². The summed E-state index contributed by atoms with van der Waals surface area (Å²) in [4.78, 5) is 23.7. The zero-order chi connectivity index (χ0) is 17.1. The number of unbranched alkanes of at least 4 members (excludes halogenated alkanes) is 1. The molecule has 7 nitrogen and oxygen atoms in total. The highest BCUT2D eigenvalue weighted by molar-refractivity contribution is 5.97. The van der Waals surface area contributed by atoms with Crippen molar-refractivity contribution in [1.82, 2.24) is 5.32 Å². The number of carbonyl (C=O) groups excluding carboxylic acids is 2. The lowest BCUT2D eigenvalue weighted by molar-refractivity contribution is -0.128. The Labute approximate surface area is 136 Å². The topological polar surface area (TPSA) is 114 Å². The third-order valence-corrected chi connectivity index (χ3v) is 3.27. The average molecular weight is 323 g/mol. The van der Waals surface area contributed by atoms with Crippen molar-refractivity contribution in [3.63, 3.8) is 0 Å². The van der Waals surface area contributed by atoms with Crippen LogP contribution in [-0.4, -0.2) is 43.2 Å². The monoisotopic (exact) mass is 323 g/mol. The number of hydrogen-bond acceptors (Lipinski definition) is 5. The van der Waals surface area contributed by atoms with E-state index in [0.29, 0.717) is 31.7 Å². The minimum absolute atomic E-state index is 0.316. The molecule has 0 aliphatic carbocycles. The molecule has 23 heavy (non-hydrogen) atoms. The molecular weight excluding hydrogens is 298 g/mol. The van der Waals surface area contributed by atoms with Crippen LogP contribution in [0.5, 0.6) is 0 Å². The van der Waals surface area contributed by atoms with Gasteiger partial charge in [-0.25, -0.2) is 0 Å². The molecule has 0 spiro atoms. The Kier molecular flexibility index (Phi) is 8.89. The van der Waals surface area contributed by atoms with Gasteiger partial charge in [0.2, 0.25) is 11.8 Å². The van der Waals surface area contributed by atoms with Gasteiger partial charge >= 0.3 is 0 Å². The number of carbonyl (C=O) groups is 2. The molecule has 1 unspecified atom stereocenters. The molecule has 0 heterocycles. The highest BCUT2D eigenvalue weighted by atomic mass is 16.5. The Bertz CT molecular complexity index is 491. The SMILES string of the molecule is COCc1ccc(NC(=O)C(CCCCN)NC(=O)CO)cc1. The minimum Gasteiger partial charge on any atom is -0.387 e. The molecule has 1 aromatic carbocycles. The number of anilines is 1. The average Bonchev–Trinajstić information content (AvgIpc) is 2.56. The molecule has 1 rings (SSSR count). The molecule has 128 valence electrons. The summed E-state index contributed by atoms with van der Waals surface area (Å²) < 4.78 is 5.03. The fourth-order valence-corrected chi connectivity index (χ4v) is 2.08. The Morgan fingerprint density at radius 3 is 2.52 bits per heavy atom. The third-order valence-electron chi connectivity index (χ3n) is 3.27. The number of aliphatic hydroxyl groups excluding tert-OH is 1. The van der Waals surface area contributed by atoms with Crippen molar-refractivity contribution in [1.29, 1.82) is 0 Å².